The minimum atomic E-state index is -0.0705. The Morgan fingerprint density at radius 2 is 1.39 bits per heavy atom. The van der Waals surface area contributed by atoms with Crippen molar-refractivity contribution in [2.45, 2.75) is 32.1 Å². The summed E-state index contributed by atoms with van der Waals surface area (Å²) in [6, 6.07) is 47.2. The zero-order chi connectivity index (χ0) is 36.6. The van der Waals surface area contributed by atoms with Gasteiger partial charge in [-0.1, -0.05) is 147 Å². The maximum atomic E-state index is 5.98. The summed E-state index contributed by atoms with van der Waals surface area (Å²) in [5, 5.41) is 3.93. The second-order valence-corrected chi connectivity index (χ2v) is 15.6. The number of thiocarbonyl (C=S) groups is 2. The number of fused-ring (bicyclic) bond motifs is 8. The van der Waals surface area contributed by atoms with Crippen LogP contribution in [0.4, 0.5) is 0 Å². The first-order valence-corrected chi connectivity index (χ1v) is 19.3. The summed E-state index contributed by atoms with van der Waals surface area (Å²) in [5.74, 6) is 0.675. The Labute approximate surface area is 325 Å². The van der Waals surface area contributed by atoms with Crippen molar-refractivity contribution in [2.75, 3.05) is 0 Å². The fourth-order valence-corrected chi connectivity index (χ4v) is 9.11. The highest BCUT2D eigenvalue weighted by Crippen LogP contribution is 2.49. The molecule has 54 heavy (non-hydrogen) atoms. The molecule has 0 N–H and O–H groups in total. The lowest BCUT2D eigenvalue weighted by Crippen LogP contribution is -2.14. The molecule has 0 unspecified atom stereocenters. The molecule has 8 aromatic rings. The molecular formula is C49H35N3S2. The van der Waals surface area contributed by atoms with Crippen molar-refractivity contribution in [3.05, 3.63) is 179 Å². The van der Waals surface area contributed by atoms with E-state index in [4.69, 9.17) is 29.4 Å². The van der Waals surface area contributed by atoms with E-state index in [9.17, 15) is 0 Å². The van der Waals surface area contributed by atoms with E-state index >= 15 is 0 Å². The number of aryl methyl sites for hydroxylation is 1. The van der Waals surface area contributed by atoms with Crippen molar-refractivity contribution in [1.82, 2.24) is 14.5 Å². The molecule has 258 valence electrons. The van der Waals surface area contributed by atoms with Gasteiger partial charge in [0.15, 0.2) is 5.82 Å². The van der Waals surface area contributed by atoms with Crippen LogP contribution in [-0.2, 0) is 11.8 Å². The molecule has 0 aliphatic heterocycles. The molecule has 0 radical (unpaired) electrons. The minimum Gasteiger partial charge on any atom is -0.310 e. The minimum absolute atomic E-state index is 0.0705. The molecule has 0 saturated carbocycles. The summed E-state index contributed by atoms with van der Waals surface area (Å²) < 4.78 is 2.39. The quantitative estimate of drug-likeness (QED) is 0.126. The van der Waals surface area contributed by atoms with Crippen molar-refractivity contribution in [1.29, 1.82) is 0 Å². The Hall–Kier alpha value is -5.88. The first-order valence-electron chi connectivity index (χ1n) is 18.5. The summed E-state index contributed by atoms with van der Waals surface area (Å²) in [5.41, 5.74) is 15.0. The lowest BCUT2D eigenvalue weighted by atomic mass is 9.82. The monoisotopic (exact) mass is 729 g/mol. The van der Waals surface area contributed by atoms with Crippen LogP contribution in [0.2, 0.25) is 0 Å². The van der Waals surface area contributed by atoms with Crippen LogP contribution in [0.5, 0.6) is 0 Å². The van der Waals surface area contributed by atoms with Crippen LogP contribution in [0.3, 0.4) is 0 Å². The number of hydrogen-bond acceptors (Lipinski definition) is 4. The molecule has 0 bridgehead atoms. The molecule has 2 aliphatic rings. The van der Waals surface area contributed by atoms with Gasteiger partial charge in [-0.15, -0.1) is 0 Å². The third kappa shape index (κ3) is 5.14. The van der Waals surface area contributed by atoms with E-state index in [-0.39, 0.29) is 5.41 Å². The molecule has 0 atom stereocenters. The number of hydrogen-bond donors (Lipinski definition) is 0. The van der Waals surface area contributed by atoms with Crippen molar-refractivity contribution in [2.24, 2.45) is 0 Å². The number of allylic oxidation sites excluding steroid dienone is 1. The van der Waals surface area contributed by atoms with Crippen LogP contribution in [0.25, 0.3) is 67.2 Å². The Kier molecular flexibility index (Phi) is 7.65. The predicted octanol–water partition coefficient (Wildman–Crippen LogP) is 12.3. The Morgan fingerprint density at radius 1 is 0.685 bits per heavy atom. The number of aromatic nitrogens is 3. The van der Waals surface area contributed by atoms with E-state index in [1.807, 2.05) is 36.5 Å². The molecule has 6 aromatic carbocycles. The van der Waals surface area contributed by atoms with Gasteiger partial charge in [0.1, 0.15) is 0 Å². The average molecular weight is 730 g/mol. The van der Waals surface area contributed by atoms with Crippen molar-refractivity contribution in [3.8, 4) is 39.5 Å². The molecule has 5 heteroatoms. The molecule has 2 heterocycles. The normalized spacial score (nSPS) is 13.8. The van der Waals surface area contributed by atoms with Gasteiger partial charge >= 0.3 is 0 Å². The molecule has 3 nitrogen and oxygen atoms in total. The van der Waals surface area contributed by atoms with Crippen LogP contribution in [0.1, 0.15) is 53.8 Å². The molecule has 0 amide bonds. The van der Waals surface area contributed by atoms with E-state index in [0.29, 0.717) is 15.6 Å². The Bertz CT molecular complexity index is 2880. The van der Waals surface area contributed by atoms with Gasteiger partial charge in [0.25, 0.3) is 0 Å². The lowest BCUT2D eigenvalue weighted by Gasteiger charge is -2.21. The van der Waals surface area contributed by atoms with Crippen LogP contribution < -0.4 is 0 Å². The smallest absolute Gasteiger partial charge is 0.159 e. The fourth-order valence-electron chi connectivity index (χ4n) is 8.60. The first kappa shape index (κ1) is 32.7. The van der Waals surface area contributed by atoms with Gasteiger partial charge in [-0.25, -0.2) is 9.97 Å². The molecule has 2 aromatic heterocycles. The highest BCUT2D eigenvalue weighted by atomic mass is 32.1. The molecule has 0 spiro atoms. The van der Waals surface area contributed by atoms with Crippen LogP contribution >= 0.6 is 24.4 Å². The van der Waals surface area contributed by atoms with Crippen molar-refractivity contribution in [3.63, 3.8) is 0 Å². The topological polar surface area (TPSA) is 30.7 Å². The number of rotatable bonds is 6. The van der Waals surface area contributed by atoms with Crippen molar-refractivity contribution < 1.29 is 0 Å². The molecule has 10 rings (SSSR count). The third-order valence-corrected chi connectivity index (χ3v) is 12.4. The molecular weight excluding hydrogens is 695 g/mol. The second kappa shape index (κ2) is 12.6. The molecule has 0 saturated heterocycles. The van der Waals surface area contributed by atoms with E-state index in [1.165, 1.54) is 55.2 Å². The number of benzene rings is 6. The van der Waals surface area contributed by atoms with Gasteiger partial charge in [-0.05, 0) is 99.0 Å². The van der Waals surface area contributed by atoms with Crippen LogP contribution in [-0.4, -0.2) is 24.3 Å². The van der Waals surface area contributed by atoms with Gasteiger partial charge in [-0.2, -0.15) is 0 Å². The fraction of sp³-hybridized carbons (Fsp3) is 0.102. The standard InChI is InChI=1S/C49H35N3S2/c1-49(2)40-13-7-5-11-37(40)38-25-21-34(29-41(38)49)42-27-28-50-48(51-42)33-17-15-31(16-18-33)46(53)47(54)32-19-23-35(24-20-32)52-43-14-8-6-12-39(43)45-36-10-4-3-9-30(36)22-26-44(45)52/h3-5,7-11,13-29H,6,12H2,1-2H3. The molecule has 0 fully saturated rings. The predicted molar refractivity (Wildman–Crippen MR) is 232 cm³/mol. The zero-order valence-corrected chi connectivity index (χ0v) is 31.6. The van der Waals surface area contributed by atoms with Gasteiger partial charge in [0.2, 0.25) is 0 Å². The third-order valence-electron chi connectivity index (χ3n) is 11.4. The summed E-state index contributed by atoms with van der Waals surface area (Å²) in [6.07, 6.45) is 8.50. The summed E-state index contributed by atoms with van der Waals surface area (Å²) in [7, 11) is 0. The van der Waals surface area contributed by atoms with E-state index in [2.05, 4.69) is 139 Å². The highest BCUT2D eigenvalue weighted by molar-refractivity contribution is 7.90. The van der Waals surface area contributed by atoms with Gasteiger partial charge in [0, 0.05) is 39.5 Å². The van der Waals surface area contributed by atoms with E-state index in [0.717, 1.165) is 46.5 Å². The second-order valence-electron chi connectivity index (χ2n) is 14.8. The van der Waals surface area contributed by atoms with E-state index in [1.54, 1.807) is 0 Å². The lowest BCUT2D eigenvalue weighted by molar-refractivity contribution is 0.660. The van der Waals surface area contributed by atoms with Crippen LogP contribution in [0.15, 0.2) is 146 Å². The summed E-state index contributed by atoms with van der Waals surface area (Å²) in [4.78, 5) is 11.0. The van der Waals surface area contributed by atoms with Gasteiger partial charge in [-0.3, -0.25) is 0 Å². The largest absolute Gasteiger partial charge is 0.310 e. The maximum absolute atomic E-state index is 5.98. The Morgan fingerprint density at radius 3 is 2.20 bits per heavy atom. The average Bonchev–Trinajstić information content (AvgIpc) is 3.69. The van der Waals surface area contributed by atoms with Gasteiger partial charge in [0.05, 0.1) is 20.9 Å². The summed E-state index contributed by atoms with van der Waals surface area (Å²) in [6.45, 7) is 4.60. The SMILES string of the molecule is CC1(C)c2ccccc2-c2ccc(-c3ccnc(-c4ccc(C(=S)C(=S)c5ccc(-n6c7c(c8c9ccccc9ccc86)CCC=C7)cc5)cc4)n3)cc21. The van der Waals surface area contributed by atoms with Gasteiger partial charge < -0.3 is 4.57 Å². The maximum Gasteiger partial charge on any atom is 0.159 e. The highest BCUT2D eigenvalue weighted by Gasteiger charge is 2.35. The van der Waals surface area contributed by atoms with Crippen molar-refractivity contribution >= 4 is 61.9 Å². The first-order chi connectivity index (χ1) is 26.4. The zero-order valence-electron chi connectivity index (χ0n) is 30.0. The van der Waals surface area contributed by atoms with E-state index < -0.39 is 0 Å². The molecule has 2 aliphatic carbocycles. The Balaban J connectivity index is 0.901. The van der Waals surface area contributed by atoms with Crippen LogP contribution in [0, 0.1) is 0 Å². The summed E-state index contributed by atoms with van der Waals surface area (Å²) >= 11 is 12.0. The number of nitrogens with zero attached hydrogens (tertiary/aromatic N) is 3.